The van der Waals surface area contributed by atoms with E-state index in [9.17, 15) is 9.59 Å². The average molecular weight is 823 g/mol. The van der Waals surface area contributed by atoms with Gasteiger partial charge in [0.15, 0.2) is 11.3 Å². The van der Waals surface area contributed by atoms with Crippen LogP contribution < -0.4 is 29.9 Å². The van der Waals surface area contributed by atoms with Crippen LogP contribution in [0.4, 0.5) is 20.4 Å². The number of hydrogen-bond donors (Lipinski definition) is 2. The number of fused-ring (bicyclic) bond motifs is 11. The molecule has 6 aromatic rings. The van der Waals surface area contributed by atoms with Gasteiger partial charge in [0.25, 0.3) is 11.8 Å². The molecule has 1 unspecified atom stereocenters. The van der Waals surface area contributed by atoms with Crippen molar-refractivity contribution in [1.29, 1.82) is 0 Å². The molecule has 3 fully saturated rings. The predicted octanol–water partition coefficient (Wildman–Crippen LogP) is 1.84. The summed E-state index contributed by atoms with van der Waals surface area (Å²) in [5.74, 6) is -0.765. The summed E-state index contributed by atoms with van der Waals surface area (Å²) in [4.78, 5) is 50.2. The molecule has 0 spiro atoms. The van der Waals surface area contributed by atoms with Crippen LogP contribution in [0.1, 0.15) is 50.3 Å². The summed E-state index contributed by atoms with van der Waals surface area (Å²) in [6.07, 6.45) is 7.18. The average Bonchev–Trinajstić information content (AvgIpc) is 4.01. The van der Waals surface area contributed by atoms with E-state index in [1.807, 2.05) is 9.80 Å². The van der Waals surface area contributed by atoms with E-state index in [1.54, 1.807) is 24.5 Å². The molecule has 6 atom stereocenters. The fourth-order valence-corrected chi connectivity index (χ4v) is 8.65. The highest BCUT2D eigenvalue weighted by atomic mass is 19.1. The quantitative estimate of drug-likeness (QED) is 0.257. The number of halogens is 2. The molecular formula is C39H36F2N12O7. The molecule has 0 saturated carbocycles. The highest BCUT2D eigenvalue weighted by molar-refractivity contribution is 6.00. The van der Waals surface area contributed by atoms with Gasteiger partial charge in [0.05, 0.1) is 95.1 Å². The first-order valence-corrected chi connectivity index (χ1v) is 19.5. The lowest BCUT2D eigenvalue weighted by atomic mass is 9.99. The van der Waals surface area contributed by atoms with Crippen LogP contribution in [0.2, 0.25) is 0 Å². The van der Waals surface area contributed by atoms with Crippen molar-refractivity contribution in [3.05, 3.63) is 95.3 Å². The van der Waals surface area contributed by atoms with Gasteiger partial charge in [0.2, 0.25) is 11.8 Å². The Morgan fingerprint density at radius 1 is 0.733 bits per heavy atom. The number of ether oxygens (including phenoxy) is 5. The number of nitrogens with one attached hydrogen (secondary N) is 2. The Balaban J connectivity index is 1.02. The summed E-state index contributed by atoms with van der Waals surface area (Å²) in [5, 5.41) is 14.7. The second kappa shape index (κ2) is 14.6. The van der Waals surface area contributed by atoms with Gasteiger partial charge >= 0.3 is 0 Å². The minimum Gasteiger partial charge on any atom is -0.472 e. The van der Waals surface area contributed by atoms with Crippen molar-refractivity contribution < 1.29 is 42.1 Å². The first-order chi connectivity index (χ1) is 29.3. The first-order valence-electron chi connectivity index (χ1n) is 19.5. The fraction of sp³-hybridized carbons (Fsp3) is 0.385. The van der Waals surface area contributed by atoms with Gasteiger partial charge in [-0.05, 0) is 24.3 Å². The van der Waals surface area contributed by atoms with E-state index in [0.717, 1.165) is 12.4 Å². The minimum atomic E-state index is -0.818. The van der Waals surface area contributed by atoms with Gasteiger partial charge in [-0.25, -0.2) is 37.7 Å². The van der Waals surface area contributed by atoms with Crippen molar-refractivity contribution in [3.8, 4) is 11.8 Å². The van der Waals surface area contributed by atoms with Gasteiger partial charge in [0.1, 0.15) is 46.6 Å². The fourth-order valence-electron chi connectivity index (χ4n) is 8.65. The van der Waals surface area contributed by atoms with E-state index < -0.39 is 59.8 Å². The maximum atomic E-state index is 15.3. The number of carbonyl (C=O) groups is 2. The predicted molar refractivity (Wildman–Crippen MR) is 203 cm³/mol. The Morgan fingerprint density at radius 2 is 1.40 bits per heavy atom. The van der Waals surface area contributed by atoms with Gasteiger partial charge in [-0.15, -0.1) is 0 Å². The first kappa shape index (κ1) is 36.5. The van der Waals surface area contributed by atoms with Crippen molar-refractivity contribution in [2.75, 3.05) is 62.5 Å². The molecule has 0 aliphatic carbocycles. The Kier molecular flexibility index (Phi) is 8.88. The summed E-state index contributed by atoms with van der Waals surface area (Å²) in [6.45, 7) is 1.56. The van der Waals surface area contributed by atoms with Gasteiger partial charge in [-0.2, -0.15) is 10.2 Å². The number of hydrogen-bond acceptors (Lipinski definition) is 15. The standard InChI is InChI=1S/C39H36F2N12O7/c40-20-7-24-29-17-56-6-5-50(29)32-1-3-51-34(48-32)26(13-45-51)36(54)42-12-23(59-38(24)43-10-20)9-22-15-57-18-30-25-8-21(41)11-44-39(25)60-31-19-58-16-28(31)47-37(55)27-14-46-52-4-2-33(53(22)30)49-35(27)52/h1-4,7-8,10-11,13-14,22-23,28-31H,5-6,9,12,15-19H2,(H,42,54)(H,47,55)/t22?,23-,28+,29+,30+,31-/m0/s1. The smallest absolute Gasteiger partial charge is 0.257 e. The second-order valence-corrected chi connectivity index (χ2v) is 15.2. The molecule has 2 amide bonds. The van der Waals surface area contributed by atoms with Crippen LogP contribution in [0, 0.1) is 11.6 Å². The van der Waals surface area contributed by atoms with E-state index in [0.29, 0.717) is 41.6 Å². The maximum absolute atomic E-state index is 15.3. The van der Waals surface area contributed by atoms with E-state index >= 15 is 8.78 Å². The molecule has 11 heterocycles. The largest absolute Gasteiger partial charge is 0.472 e. The van der Waals surface area contributed by atoms with E-state index in [-0.39, 0.29) is 74.5 Å². The number of nitrogens with zero attached hydrogens (tertiary/aromatic N) is 10. The monoisotopic (exact) mass is 822 g/mol. The van der Waals surface area contributed by atoms with Crippen molar-refractivity contribution in [2.45, 2.75) is 42.8 Å². The molecular weight excluding hydrogens is 787 g/mol. The minimum absolute atomic E-state index is 0.0351. The number of pyridine rings is 2. The Bertz CT molecular complexity index is 2660. The Morgan fingerprint density at radius 3 is 2.18 bits per heavy atom. The lowest BCUT2D eigenvalue weighted by molar-refractivity contribution is 0.0461. The van der Waals surface area contributed by atoms with Crippen molar-refractivity contribution in [3.63, 3.8) is 0 Å². The number of anilines is 2. The van der Waals surface area contributed by atoms with Crippen molar-refractivity contribution in [1.82, 2.24) is 49.8 Å². The number of amides is 2. The summed E-state index contributed by atoms with van der Waals surface area (Å²) < 4.78 is 64.6. The lowest BCUT2D eigenvalue weighted by Crippen LogP contribution is -2.51. The summed E-state index contributed by atoms with van der Waals surface area (Å²) in [5.41, 5.74) is 1.93. The van der Waals surface area contributed by atoms with Gasteiger partial charge in [-0.3, -0.25) is 9.59 Å². The van der Waals surface area contributed by atoms with Crippen LogP contribution in [0.5, 0.6) is 11.8 Å². The number of aromatic nitrogens is 8. The summed E-state index contributed by atoms with van der Waals surface area (Å²) in [6, 6.07) is 3.88. The Hall–Kier alpha value is -6.58. The molecule has 0 radical (unpaired) electrons. The molecule has 21 heteroatoms. The number of rotatable bonds is 2. The molecule has 308 valence electrons. The molecule has 2 N–H and O–H groups in total. The normalized spacial score (nSPS) is 25.4. The van der Waals surface area contributed by atoms with Crippen LogP contribution in [-0.2, 0) is 14.2 Å². The van der Waals surface area contributed by atoms with Crippen LogP contribution in [-0.4, -0.2) is 128 Å². The molecule has 4 bridgehead atoms. The van der Waals surface area contributed by atoms with Crippen LogP contribution in [0.25, 0.3) is 11.3 Å². The molecule has 5 aliphatic heterocycles. The van der Waals surface area contributed by atoms with Gasteiger partial charge in [0, 0.05) is 36.5 Å². The molecule has 0 aromatic carbocycles. The van der Waals surface area contributed by atoms with E-state index in [4.69, 9.17) is 33.7 Å². The summed E-state index contributed by atoms with van der Waals surface area (Å²) in [7, 11) is 0. The van der Waals surface area contributed by atoms with Crippen LogP contribution in [0.15, 0.2) is 61.4 Å². The third-order valence-corrected chi connectivity index (χ3v) is 11.5. The molecule has 19 nitrogen and oxygen atoms in total. The molecule has 60 heavy (non-hydrogen) atoms. The van der Waals surface area contributed by atoms with Crippen LogP contribution >= 0.6 is 0 Å². The Labute approximate surface area is 338 Å². The molecule has 11 rings (SSSR count). The zero-order valence-corrected chi connectivity index (χ0v) is 31.7. The topological polar surface area (TPSA) is 197 Å². The van der Waals surface area contributed by atoms with Crippen LogP contribution in [0.3, 0.4) is 0 Å². The molecule has 5 aliphatic rings. The SMILES string of the molecule is O=C1NC[C@H](CC2COC[C@@H]3c4cc(F)cnc4O[C@H]4COC[C@H]4NC(=O)c4cnn5ccc(nc45)N23)Oc2ncc(F)cc2[C@H]2COCCN2c2ccn3ncc1c3n2. The zero-order valence-electron chi connectivity index (χ0n) is 31.7. The molecule has 6 aromatic heterocycles. The highest BCUT2D eigenvalue weighted by Gasteiger charge is 2.41. The van der Waals surface area contributed by atoms with Crippen molar-refractivity contribution in [2.24, 2.45) is 0 Å². The third kappa shape index (κ3) is 6.36. The zero-order chi connectivity index (χ0) is 40.5. The summed E-state index contributed by atoms with van der Waals surface area (Å²) >= 11 is 0. The highest BCUT2D eigenvalue weighted by Crippen LogP contribution is 2.40. The molecule has 3 saturated heterocycles. The van der Waals surface area contributed by atoms with Crippen molar-refractivity contribution >= 4 is 34.7 Å². The van der Waals surface area contributed by atoms with E-state index in [1.165, 1.54) is 33.6 Å². The number of morpholine rings is 2. The van der Waals surface area contributed by atoms with Gasteiger partial charge in [-0.1, -0.05) is 0 Å². The maximum Gasteiger partial charge on any atom is 0.257 e. The second-order valence-electron chi connectivity index (χ2n) is 15.2. The third-order valence-electron chi connectivity index (χ3n) is 11.5. The van der Waals surface area contributed by atoms with Gasteiger partial charge < -0.3 is 44.1 Å². The lowest BCUT2D eigenvalue weighted by Gasteiger charge is -2.44. The number of carbonyl (C=O) groups excluding carboxylic acids is 2. The van der Waals surface area contributed by atoms with E-state index in [2.05, 4.69) is 30.8 Å².